The van der Waals surface area contributed by atoms with Gasteiger partial charge in [-0.1, -0.05) is 60.2 Å². The van der Waals surface area contributed by atoms with Crippen molar-refractivity contribution in [3.8, 4) is 16.9 Å². The molecule has 0 radical (unpaired) electrons. The largest absolute Gasteiger partial charge is 0.423 e. The van der Waals surface area contributed by atoms with E-state index in [0.29, 0.717) is 5.75 Å². The Morgan fingerprint density at radius 3 is 2.05 bits per heavy atom. The monoisotopic (exact) mass is 278 g/mol. The van der Waals surface area contributed by atoms with Gasteiger partial charge in [-0.05, 0) is 37.1 Å². The second-order valence-electron chi connectivity index (χ2n) is 4.70. The molecule has 0 N–H and O–H groups in total. The quantitative estimate of drug-likeness (QED) is 0.351. The van der Waals surface area contributed by atoms with Crippen LogP contribution < -0.4 is 4.74 Å². The molecule has 0 aliphatic carbocycles. The van der Waals surface area contributed by atoms with Crippen LogP contribution in [0.1, 0.15) is 12.5 Å². The van der Waals surface area contributed by atoms with Crippen molar-refractivity contribution in [1.29, 1.82) is 0 Å². The molecule has 0 atom stereocenters. The molecule has 2 heteroatoms. The van der Waals surface area contributed by atoms with E-state index in [9.17, 15) is 4.79 Å². The number of esters is 1. The molecule has 21 heavy (non-hydrogen) atoms. The van der Waals surface area contributed by atoms with E-state index >= 15 is 0 Å². The Morgan fingerprint density at radius 2 is 1.48 bits per heavy atom. The van der Waals surface area contributed by atoms with Gasteiger partial charge < -0.3 is 4.74 Å². The van der Waals surface area contributed by atoms with E-state index in [0.717, 1.165) is 11.1 Å². The average Bonchev–Trinajstić information content (AvgIpc) is 2.49. The Morgan fingerprint density at radius 1 is 0.905 bits per heavy atom. The van der Waals surface area contributed by atoms with Gasteiger partial charge in [0.2, 0.25) is 0 Å². The summed E-state index contributed by atoms with van der Waals surface area (Å²) in [6.45, 7) is 3.95. The van der Waals surface area contributed by atoms with Gasteiger partial charge in [0.1, 0.15) is 5.75 Å². The Kier molecular flexibility index (Phi) is 5.10. The number of aryl methyl sites for hydroxylation is 1. The standard InChI is InChI=1S/C19H18O2/c1-3-4-5-6-19(20)21-18-13-11-17(12-14-18)16-9-7-15(2)8-10-16/h3-14H,1-2H3/b4-3+,6-5+. The minimum Gasteiger partial charge on any atom is -0.423 e. The molecule has 0 unspecified atom stereocenters. The predicted octanol–water partition coefficient (Wildman–Crippen LogP) is 4.70. The van der Waals surface area contributed by atoms with Crippen molar-refractivity contribution in [3.63, 3.8) is 0 Å². The van der Waals surface area contributed by atoms with E-state index < -0.39 is 0 Å². The Balaban J connectivity index is 2.05. The average molecular weight is 278 g/mol. The molecular weight excluding hydrogens is 260 g/mol. The van der Waals surface area contributed by atoms with E-state index in [1.54, 1.807) is 24.3 Å². The summed E-state index contributed by atoms with van der Waals surface area (Å²) in [5.41, 5.74) is 3.47. The van der Waals surface area contributed by atoms with Crippen molar-refractivity contribution in [3.05, 3.63) is 78.4 Å². The zero-order valence-corrected chi connectivity index (χ0v) is 12.2. The van der Waals surface area contributed by atoms with Crippen LogP contribution >= 0.6 is 0 Å². The molecule has 2 nitrogen and oxygen atoms in total. The van der Waals surface area contributed by atoms with Gasteiger partial charge in [-0.3, -0.25) is 0 Å². The molecule has 0 aromatic heterocycles. The van der Waals surface area contributed by atoms with Gasteiger partial charge in [0.25, 0.3) is 0 Å². The summed E-state index contributed by atoms with van der Waals surface area (Å²) in [6.07, 6.45) is 6.68. The van der Waals surface area contributed by atoms with Crippen molar-refractivity contribution in [1.82, 2.24) is 0 Å². The third-order valence-corrected chi connectivity index (χ3v) is 2.99. The number of hydrogen-bond acceptors (Lipinski definition) is 2. The third kappa shape index (κ3) is 4.46. The molecule has 0 aliphatic rings. The number of benzene rings is 2. The Bertz CT molecular complexity index is 647. The van der Waals surface area contributed by atoms with Gasteiger partial charge in [0.05, 0.1) is 0 Å². The van der Waals surface area contributed by atoms with E-state index in [4.69, 9.17) is 4.74 Å². The highest BCUT2D eigenvalue weighted by Crippen LogP contribution is 2.22. The van der Waals surface area contributed by atoms with E-state index in [2.05, 4.69) is 31.2 Å². The normalized spacial score (nSPS) is 11.1. The first-order valence-corrected chi connectivity index (χ1v) is 6.87. The molecule has 0 fully saturated rings. The molecule has 0 saturated heterocycles. The lowest BCUT2D eigenvalue weighted by Crippen LogP contribution is -2.03. The first-order valence-electron chi connectivity index (χ1n) is 6.87. The summed E-state index contributed by atoms with van der Waals surface area (Å²) in [7, 11) is 0. The van der Waals surface area contributed by atoms with Crippen LogP contribution in [0.25, 0.3) is 11.1 Å². The number of carbonyl (C=O) groups is 1. The summed E-state index contributed by atoms with van der Waals surface area (Å²) in [5, 5.41) is 0. The van der Waals surface area contributed by atoms with E-state index in [1.165, 1.54) is 11.6 Å². The highest BCUT2D eigenvalue weighted by Gasteiger charge is 2.01. The van der Waals surface area contributed by atoms with Crippen LogP contribution in [0.4, 0.5) is 0 Å². The molecule has 0 amide bonds. The fourth-order valence-electron chi connectivity index (χ4n) is 1.86. The molecule has 0 saturated carbocycles. The molecule has 0 heterocycles. The fourth-order valence-corrected chi connectivity index (χ4v) is 1.86. The lowest BCUT2D eigenvalue weighted by atomic mass is 10.0. The number of ether oxygens (including phenoxy) is 1. The van der Waals surface area contributed by atoms with E-state index in [-0.39, 0.29) is 5.97 Å². The molecule has 2 aromatic rings. The first kappa shape index (κ1) is 14.8. The topological polar surface area (TPSA) is 26.3 Å². The lowest BCUT2D eigenvalue weighted by Gasteiger charge is -2.05. The summed E-state index contributed by atoms with van der Waals surface area (Å²) >= 11 is 0. The van der Waals surface area contributed by atoms with Gasteiger partial charge in [-0.15, -0.1) is 0 Å². The molecular formula is C19H18O2. The summed E-state index contributed by atoms with van der Waals surface area (Å²) in [5.74, 6) is 0.164. The Labute approximate surface area is 125 Å². The van der Waals surface area contributed by atoms with Gasteiger partial charge in [-0.25, -0.2) is 4.79 Å². The van der Waals surface area contributed by atoms with Crippen LogP contribution in [-0.2, 0) is 4.79 Å². The second-order valence-corrected chi connectivity index (χ2v) is 4.70. The lowest BCUT2D eigenvalue weighted by molar-refractivity contribution is -0.128. The van der Waals surface area contributed by atoms with Crippen molar-refractivity contribution in [2.45, 2.75) is 13.8 Å². The van der Waals surface area contributed by atoms with Crippen LogP contribution in [0.2, 0.25) is 0 Å². The summed E-state index contributed by atoms with van der Waals surface area (Å²) < 4.78 is 5.21. The zero-order valence-electron chi connectivity index (χ0n) is 12.2. The van der Waals surface area contributed by atoms with Gasteiger partial charge in [0, 0.05) is 6.08 Å². The summed E-state index contributed by atoms with van der Waals surface area (Å²) in [4.78, 5) is 11.5. The number of rotatable bonds is 4. The maximum absolute atomic E-state index is 11.5. The maximum Gasteiger partial charge on any atom is 0.336 e. The van der Waals surface area contributed by atoms with Crippen LogP contribution in [-0.4, -0.2) is 5.97 Å². The summed E-state index contributed by atoms with van der Waals surface area (Å²) in [6, 6.07) is 15.8. The molecule has 0 aliphatic heterocycles. The molecule has 106 valence electrons. The van der Waals surface area contributed by atoms with Crippen LogP contribution in [0, 0.1) is 6.92 Å². The van der Waals surface area contributed by atoms with Crippen molar-refractivity contribution < 1.29 is 9.53 Å². The number of allylic oxidation sites excluding steroid dienone is 3. The Hall–Kier alpha value is -2.61. The van der Waals surface area contributed by atoms with Crippen LogP contribution in [0.15, 0.2) is 72.8 Å². The molecule has 2 aromatic carbocycles. The van der Waals surface area contributed by atoms with Gasteiger partial charge >= 0.3 is 5.97 Å². The predicted molar refractivity (Wildman–Crippen MR) is 86.2 cm³/mol. The number of carbonyl (C=O) groups excluding carboxylic acids is 1. The highest BCUT2D eigenvalue weighted by atomic mass is 16.5. The smallest absolute Gasteiger partial charge is 0.336 e. The third-order valence-electron chi connectivity index (χ3n) is 2.99. The van der Waals surface area contributed by atoms with Crippen LogP contribution in [0.5, 0.6) is 5.75 Å². The fraction of sp³-hybridized carbons (Fsp3) is 0.105. The zero-order chi connectivity index (χ0) is 15.1. The molecule has 2 rings (SSSR count). The van der Waals surface area contributed by atoms with Gasteiger partial charge in [0.15, 0.2) is 0 Å². The van der Waals surface area contributed by atoms with Crippen molar-refractivity contribution in [2.75, 3.05) is 0 Å². The molecule has 0 bridgehead atoms. The molecule has 0 spiro atoms. The van der Waals surface area contributed by atoms with Gasteiger partial charge in [-0.2, -0.15) is 0 Å². The highest BCUT2D eigenvalue weighted by molar-refractivity contribution is 5.84. The van der Waals surface area contributed by atoms with Crippen LogP contribution in [0.3, 0.4) is 0 Å². The van der Waals surface area contributed by atoms with Crippen molar-refractivity contribution in [2.24, 2.45) is 0 Å². The number of hydrogen-bond donors (Lipinski definition) is 0. The first-order chi connectivity index (χ1) is 10.2. The van der Waals surface area contributed by atoms with Crippen molar-refractivity contribution >= 4 is 5.97 Å². The second kappa shape index (κ2) is 7.25. The maximum atomic E-state index is 11.5. The minimum atomic E-state index is -0.379. The van der Waals surface area contributed by atoms with E-state index in [1.807, 2.05) is 25.1 Å². The SMILES string of the molecule is C/C=C/C=C/C(=O)Oc1ccc(-c2ccc(C)cc2)cc1. The minimum absolute atomic E-state index is 0.379.